The van der Waals surface area contributed by atoms with E-state index < -0.39 is 17.7 Å². The Morgan fingerprint density at radius 3 is 2.65 bits per heavy atom. The number of hydrogen-bond acceptors (Lipinski definition) is 1. The molecule has 2 nitrogen and oxygen atoms in total. The molecular formula is C11H8Br2ClFO2. The van der Waals surface area contributed by atoms with Crippen LogP contribution in [-0.2, 0) is 4.79 Å². The third-order valence-electron chi connectivity index (χ3n) is 2.09. The largest absolute Gasteiger partial charge is 0.481 e. The van der Waals surface area contributed by atoms with E-state index in [4.69, 9.17) is 16.7 Å². The van der Waals surface area contributed by atoms with Crippen molar-refractivity contribution in [2.45, 2.75) is 12.3 Å². The molecule has 92 valence electrons. The quantitative estimate of drug-likeness (QED) is 0.817. The van der Waals surface area contributed by atoms with E-state index in [1.807, 2.05) is 0 Å². The van der Waals surface area contributed by atoms with Crippen molar-refractivity contribution in [3.8, 4) is 0 Å². The van der Waals surface area contributed by atoms with Gasteiger partial charge >= 0.3 is 5.97 Å². The van der Waals surface area contributed by atoms with Gasteiger partial charge in [-0.1, -0.05) is 23.7 Å². The van der Waals surface area contributed by atoms with Gasteiger partial charge in [0.15, 0.2) is 0 Å². The summed E-state index contributed by atoms with van der Waals surface area (Å²) in [5.41, 5.74) is 0.188. The summed E-state index contributed by atoms with van der Waals surface area (Å²) in [7, 11) is 0. The zero-order valence-electron chi connectivity index (χ0n) is 8.46. The van der Waals surface area contributed by atoms with Crippen molar-refractivity contribution in [1.82, 2.24) is 0 Å². The third-order valence-corrected chi connectivity index (χ3v) is 2.95. The topological polar surface area (TPSA) is 37.3 Å². The summed E-state index contributed by atoms with van der Waals surface area (Å²) < 4.78 is 14.2. The van der Waals surface area contributed by atoms with E-state index in [-0.39, 0.29) is 17.0 Å². The molecule has 0 bridgehead atoms. The van der Waals surface area contributed by atoms with Gasteiger partial charge in [-0.3, -0.25) is 4.79 Å². The van der Waals surface area contributed by atoms with Crippen molar-refractivity contribution in [2.75, 3.05) is 0 Å². The van der Waals surface area contributed by atoms with Gasteiger partial charge in [0.2, 0.25) is 0 Å². The predicted molar refractivity (Wildman–Crippen MR) is 72.3 cm³/mol. The van der Waals surface area contributed by atoms with Crippen LogP contribution < -0.4 is 0 Å². The van der Waals surface area contributed by atoms with Gasteiger partial charge in [-0.05, 0) is 44.0 Å². The van der Waals surface area contributed by atoms with Gasteiger partial charge in [-0.2, -0.15) is 0 Å². The second-order valence-corrected chi connectivity index (χ2v) is 6.48. The molecule has 0 saturated heterocycles. The normalized spacial score (nSPS) is 12.0. The number of rotatable bonds is 4. The first kappa shape index (κ1) is 14.7. The van der Waals surface area contributed by atoms with E-state index in [1.165, 1.54) is 18.2 Å². The number of allylic oxidation sites excluding steroid dienone is 1. The molecule has 1 unspecified atom stereocenters. The summed E-state index contributed by atoms with van der Waals surface area (Å²) in [4.78, 5) is 10.8. The van der Waals surface area contributed by atoms with Crippen molar-refractivity contribution in [3.05, 3.63) is 44.1 Å². The molecule has 0 spiro atoms. The Balaban J connectivity index is 3.21. The molecule has 0 aliphatic rings. The van der Waals surface area contributed by atoms with Crippen LogP contribution in [-0.4, -0.2) is 11.1 Å². The first-order valence-corrected chi connectivity index (χ1v) is 6.56. The molecule has 0 fully saturated rings. The lowest BCUT2D eigenvalue weighted by Crippen LogP contribution is -2.07. The second kappa shape index (κ2) is 6.52. The first-order chi connectivity index (χ1) is 7.91. The second-order valence-electron chi connectivity index (χ2n) is 3.30. The van der Waals surface area contributed by atoms with Crippen molar-refractivity contribution < 1.29 is 14.3 Å². The Hall–Kier alpha value is -0.390. The SMILES string of the molecule is O=C(O)CC(C=C(Br)Br)c1c(F)cccc1Cl. The predicted octanol–water partition coefficient (Wildman–Crippen LogP) is 4.67. The van der Waals surface area contributed by atoms with Crippen LogP contribution in [0.5, 0.6) is 0 Å². The zero-order chi connectivity index (χ0) is 13.0. The molecule has 0 amide bonds. The van der Waals surface area contributed by atoms with Gasteiger partial charge in [-0.15, -0.1) is 0 Å². The highest BCUT2D eigenvalue weighted by atomic mass is 79.9. The fraction of sp³-hybridized carbons (Fsp3) is 0.182. The minimum atomic E-state index is -1.02. The number of halogens is 4. The molecule has 0 aromatic heterocycles. The zero-order valence-corrected chi connectivity index (χ0v) is 12.4. The lowest BCUT2D eigenvalue weighted by Gasteiger charge is -2.13. The molecule has 0 aliphatic carbocycles. The minimum absolute atomic E-state index is 0.188. The number of benzene rings is 1. The number of carbonyl (C=O) groups is 1. The van der Waals surface area contributed by atoms with Crippen LogP contribution >= 0.6 is 43.5 Å². The fourth-order valence-corrected chi connectivity index (χ4v) is 2.39. The van der Waals surface area contributed by atoms with Crippen LogP contribution in [0, 0.1) is 5.82 Å². The average molecular weight is 386 g/mol. The van der Waals surface area contributed by atoms with Gasteiger partial charge in [0.1, 0.15) is 5.82 Å². The van der Waals surface area contributed by atoms with Crippen molar-refractivity contribution >= 4 is 49.4 Å². The summed E-state index contributed by atoms with van der Waals surface area (Å²) in [5.74, 6) is -2.16. The highest BCUT2D eigenvalue weighted by Crippen LogP contribution is 2.33. The van der Waals surface area contributed by atoms with Crippen LogP contribution in [0.15, 0.2) is 27.7 Å². The summed E-state index contributed by atoms with van der Waals surface area (Å²) in [6.45, 7) is 0. The third kappa shape index (κ3) is 4.41. The van der Waals surface area contributed by atoms with E-state index in [9.17, 15) is 9.18 Å². The van der Waals surface area contributed by atoms with E-state index >= 15 is 0 Å². The Labute approximate surface area is 120 Å². The lowest BCUT2D eigenvalue weighted by atomic mass is 9.95. The average Bonchev–Trinajstić information content (AvgIpc) is 2.14. The molecule has 0 saturated carbocycles. The molecule has 1 rings (SSSR count). The van der Waals surface area contributed by atoms with E-state index in [1.54, 1.807) is 6.08 Å². The lowest BCUT2D eigenvalue weighted by molar-refractivity contribution is -0.137. The molecule has 0 aliphatic heterocycles. The summed E-state index contributed by atoms with van der Waals surface area (Å²) >= 11 is 12.2. The summed E-state index contributed by atoms with van der Waals surface area (Å²) in [6.07, 6.45) is 1.32. The van der Waals surface area contributed by atoms with Crippen LogP contribution in [0.2, 0.25) is 5.02 Å². The van der Waals surface area contributed by atoms with Crippen molar-refractivity contribution in [2.24, 2.45) is 0 Å². The molecular weight excluding hydrogens is 378 g/mol. The Kier molecular flexibility index (Phi) is 5.62. The Morgan fingerprint density at radius 1 is 1.53 bits per heavy atom. The molecule has 1 atom stereocenters. The van der Waals surface area contributed by atoms with Crippen LogP contribution in [0.1, 0.15) is 17.9 Å². The fourth-order valence-electron chi connectivity index (χ4n) is 1.45. The van der Waals surface area contributed by atoms with E-state index in [0.717, 1.165) is 0 Å². The van der Waals surface area contributed by atoms with Gasteiger partial charge < -0.3 is 5.11 Å². The number of carboxylic acid groups (broad SMARTS) is 1. The maximum Gasteiger partial charge on any atom is 0.304 e. The molecule has 6 heteroatoms. The standard InChI is InChI=1S/C11H8Br2ClFO2/c12-9(13)4-6(5-10(16)17)11-7(14)2-1-3-8(11)15/h1-4,6H,5H2,(H,16,17). The van der Waals surface area contributed by atoms with Crippen LogP contribution in [0.4, 0.5) is 4.39 Å². The molecule has 0 radical (unpaired) electrons. The van der Waals surface area contributed by atoms with Crippen LogP contribution in [0.3, 0.4) is 0 Å². The summed E-state index contributed by atoms with van der Waals surface area (Å²) in [6, 6.07) is 4.27. The minimum Gasteiger partial charge on any atom is -0.481 e. The van der Waals surface area contributed by atoms with E-state index in [0.29, 0.717) is 3.39 Å². The maximum absolute atomic E-state index is 13.7. The van der Waals surface area contributed by atoms with E-state index in [2.05, 4.69) is 31.9 Å². The molecule has 1 N–H and O–H groups in total. The molecule has 0 heterocycles. The maximum atomic E-state index is 13.7. The highest BCUT2D eigenvalue weighted by molar-refractivity contribution is 9.28. The molecule has 17 heavy (non-hydrogen) atoms. The van der Waals surface area contributed by atoms with Gasteiger partial charge in [0.05, 0.1) is 9.81 Å². The van der Waals surface area contributed by atoms with Gasteiger partial charge in [0, 0.05) is 16.5 Å². The van der Waals surface area contributed by atoms with Gasteiger partial charge in [-0.25, -0.2) is 4.39 Å². The number of aliphatic carboxylic acids is 1. The molecule has 1 aromatic carbocycles. The number of hydrogen-bond donors (Lipinski definition) is 1. The van der Waals surface area contributed by atoms with Gasteiger partial charge in [0.25, 0.3) is 0 Å². The smallest absolute Gasteiger partial charge is 0.304 e. The van der Waals surface area contributed by atoms with Crippen molar-refractivity contribution in [3.63, 3.8) is 0 Å². The monoisotopic (exact) mass is 384 g/mol. The highest BCUT2D eigenvalue weighted by Gasteiger charge is 2.20. The number of carboxylic acids is 1. The Morgan fingerprint density at radius 2 is 2.18 bits per heavy atom. The summed E-state index contributed by atoms with van der Waals surface area (Å²) in [5, 5.41) is 9.03. The Bertz CT molecular complexity index is 439. The van der Waals surface area contributed by atoms with Crippen molar-refractivity contribution in [1.29, 1.82) is 0 Å². The first-order valence-electron chi connectivity index (χ1n) is 4.60. The van der Waals surface area contributed by atoms with Crippen LogP contribution in [0.25, 0.3) is 0 Å². The molecule has 1 aromatic rings.